The minimum atomic E-state index is -0.326. The fourth-order valence-electron chi connectivity index (χ4n) is 3.13. The lowest BCUT2D eigenvalue weighted by Gasteiger charge is -2.35. The van der Waals surface area contributed by atoms with Crippen LogP contribution in [0.2, 0.25) is 0 Å². The zero-order valence-corrected chi connectivity index (χ0v) is 15.7. The van der Waals surface area contributed by atoms with Crippen molar-refractivity contribution in [1.29, 1.82) is 0 Å². The first-order valence-electron chi connectivity index (χ1n) is 9.32. The van der Waals surface area contributed by atoms with Crippen LogP contribution in [0, 0.1) is 5.82 Å². The maximum Gasteiger partial charge on any atom is 0.229 e. The number of carbonyl (C=O) groups is 1. The molecule has 1 N–H and O–H groups in total. The van der Waals surface area contributed by atoms with E-state index in [9.17, 15) is 9.18 Å². The van der Waals surface area contributed by atoms with Crippen molar-refractivity contribution in [1.82, 2.24) is 20.2 Å². The summed E-state index contributed by atoms with van der Waals surface area (Å²) < 4.78 is 12.9. The monoisotopic (exact) mass is 393 g/mol. The average molecular weight is 393 g/mol. The molecule has 1 aromatic carbocycles. The highest BCUT2D eigenvalue weighted by atomic mass is 19.1. The molecular weight excluding hydrogens is 373 g/mol. The molecule has 1 aliphatic rings. The van der Waals surface area contributed by atoms with Crippen LogP contribution in [0.5, 0.6) is 0 Å². The van der Waals surface area contributed by atoms with Gasteiger partial charge >= 0.3 is 0 Å². The minimum Gasteiger partial charge on any atom is -0.352 e. The van der Waals surface area contributed by atoms with Gasteiger partial charge in [0, 0.05) is 38.6 Å². The number of halogens is 1. The molecule has 3 heterocycles. The van der Waals surface area contributed by atoms with Gasteiger partial charge in [0.25, 0.3) is 0 Å². The Kier molecular flexibility index (Phi) is 5.55. The van der Waals surface area contributed by atoms with Crippen molar-refractivity contribution in [3.05, 3.63) is 66.2 Å². The van der Waals surface area contributed by atoms with Crippen molar-refractivity contribution < 1.29 is 9.18 Å². The molecule has 4 rings (SSSR count). The van der Waals surface area contributed by atoms with Crippen LogP contribution >= 0.6 is 0 Å². The number of rotatable bonds is 5. The fraction of sp³-hybridized carbons (Fsp3) is 0.250. The van der Waals surface area contributed by atoms with Gasteiger partial charge in [-0.3, -0.25) is 4.79 Å². The molecule has 0 radical (unpaired) electrons. The number of benzene rings is 1. The molecular formula is C20H20FN7O. The highest BCUT2D eigenvalue weighted by molar-refractivity contribution is 5.91. The maximum atomic E-state index is 12.9. The lowest BCUT2D eigenvalue weighted by Crippen LogP contribution is -2.47. The summed E-state index contributed by atoms with van der Waals surface area (Å²) in [6.45, 7) is 3.15. The summed E-state index contributed by atoms with van der Waals surface area (Å²) in [5, 5.41) is 11.1. The SMILES string of the molecule is O=C(Cc1ccc(F)cc1)Nc1ccc(N2CCN(c3ncccn3)CC2)nn1. The number of piperazine rings is 1. The van der Waals surface area contributed by atoms with E-state index in [4.69, 9.17) is 0 Å². The van der Waals surface area contributed by atoms with E-state index in [2.05, 4.69) is 35.3 Å². The highest BCUT2D eigenvalue weighted by Gasteiger charge is 2.20. The Morgan fingerprint density at radius 3 is 2.28 bits per heavy atom. The van der Waals surface area contributed by atoms with Crippen LogP contribution < -0.4 is 15.1 Å². The predicted octanol–water partition coefficient (Wildman–Crippen LogP) is 1.91. The molecule has 1 aliphatic heterocycles. The molecule has 0 atom stereocenters. The van der Waals surface area contributed by atoms with Crippen LogP contribution in [0.3, 0.4) is 0 Å². The normalized spacial score (nSPS) is 14.0. The van der Waals surface area contributed by atoms with Gasteiger partial charge in [0.1, 0.15) is 5.82 Å². The summed E-state index contributed by atoms with van der Waals surface area (Å²) in [6.07, 6.45) is 3.62. The number of carbonyl (C=O) groups excluding carboxylic acids is 1. The van der Waals surface area contributed by atoms with Gasteiger partial charge in [-0.25, -0.2) is 14.4 Å². The molecule has 1 amide bonds. The standard InChI is InChI=1S/C20H20FN7O/c21-16-4-2-15(3-5-16)14-19(29)24-17-6-7-18(26-25-17)27-10-12-28(13-11-27)20-22-8-1-9-23-20/h1-9H,10-14H2,(H,24,25,29). The molecule has 2 aromatic heterocycles. The van der Waals surface area contributed by atoms with Gasteiger partial charge in [-0.1, -0.05) is 12.1 Å². The van der Waals surface area contributed by atoms with Crippen molar-refractivity contribution in [2.45, 2.75) is 6.42 Å². The topological polar surface area (TPSA) is 87.1 Å². The fourth-order valence-corrected chi connectivity index (χ4v) is 3.13. The zero-order valence-electron chi connectivity index (χ0n) is 15.7. The Labute approximate surface area is 167 Å². The van der Waals surface area contributed by atoms with E-state index in [-0.39, 0.29) is 18.1 Å². The zero-order chi connectivity index (χ0) is 20.1. The second-order valence-corrected chi connectivity index (χ2v) is 6.65. The third-order valence-electron chi connectivity index (χ3n) is 4.63. The van der Waals surface area contributed by atoms with Crippen molar-refractivity contribution >= 4 is 23.5 Å². The quantitative estimate of drug-likeness (QED) is 0.709. The second-order valence-electron chi connectivity index (χ2n) is 6.65. The van der Waals surface area contributed by atoms with Gasteiger partial charge in [0.2, 0.25) is 11.9 Å². The molecule has 0 bridgehead atoms. The maximum absolute atomic E-state index is 12.9. The third-order valence-corrected chi connectivity index (χ3v) is 4.63. The lowest BCUT2D eigenvalue weighted by molar-refractivity contribution is -0.115. The number of amides is 1. The van der Waals surface area contributed by atoms with Crippen molar-refractivity contribution in [3.63, 3.8) is 0 Å². The van der Waals surface area contributed by atoms with Gasteiger partial charge in [-0.15, -0.1) is 10.2 Å². The Hall–Kier alpha value is -3.62. The molecule has 0 aliphatic carbocycles. The van der Waals surface area contributed by atoms with E-state index < -0.39 is 0 Å². The number of hydrogen-bond acceptors (Lipinski definition) is 7. The molecule has 9 heteroatoms. The first-order chi connectivity index (χ1) is 14.2. The number of nitrogens with zero attached hydrogens (tertiary/aromatic N) is 6. The van der Waals surface area contributed by atoms with E-state index >= 15 is 0 Å². The molecule has 29 heavy (non-hydrogen) atoms. The van der Waals surface area contributed by atoms with Gasteiger partial charge in [-0.05, 0) is 35.9 Å². The lowest BCUT2D eigenvalue weighted by atomic mass is 10.1. The van der Waals surface area contributed by atoms with E-state index in [1.807, 2.05) is 6.07 Å². The molecule has 0 saturated carbocycles. The number of aromatic nitrogens is 4. The molecule has 1 saturated heterocycles. The van der Waals surface area contributed by atoms with Crippen LogP contribution in [0.25, 0.3) is 0 Å². The minimum absolute atomic E-state index is 0.146. The predicted molar refractivity (Wildman–Crippen MR) is 107 cm³/mol. The Balaban J connectivity index is 1.30. The van der Waals surface area contributed by atoms with Gasteiger partial charge < -0.3 is 15.1 Å². The van der Waals surface area contributed by atoms with Crippen molar-refractivity contribution in [3.8, 4) is 0 Å². The van der Waals surface area contributed by atoms with E-state index in [1.165, 1.54) is 12.1 Å². The number of hydrogen-bond donors (Lipinski definition) is 1. The van der Waals surface area contributed by atoms with Gasteiger partial charge in [0.15, 0.2) is 11.6 Å². The molecule has 1 fully saturated rings. The summed E-state index contributed by atoms with van der Waals surface area (Å²) in [6, 6.07) is 11.2. The number of anilines is 3. The van der Waals surface area contributed by atoms with Crippen molar-refractivity contribution in [2.75, 3.05) is 41.3 Å². The van der Waals surface area contributed by atoms with Gasteiger partial charge in [0.05, 0.1) is 6.42 Å². The van der Waals surface area contributed by atoms with Crippen LogP contribution in [-0.2, 0) is 11.2 Å². The smallest absolute Gasteiger partial charge is 0.229 e. The molecule has 0 spiro atoms. The molecule has 8 nitrogen and oxygen atoms in total. The van der Waals surface area contributed by atoms with Crippen LogP contribution in [0.15, 0.2) is 54.9 Å². The molecule has 3 aromatic rings. The summed E-state index contributed by atoms with van der Waals surface area (Å²) in [5.74, 6) is 1.33. The summed E-state index contributed by atoms with van der Waals surface area (Å²) in [4.78, 5) is 25.0. The largest absolute Gasteiger partial charge is 0.352 e. The second kappa shape index (κ2) is 8.59. The van der Waals surface area contributed by atoms with Crippen LogP contribution in [0.4, 0.5) is 22.0 Å². The third kappa shape index (κ3) is 4.81. The van der Waals surface area contributed by atoms with E-state index in [1.54, 1.807) is 36.7 Å². The Morgan fingerprint density at radius 1 is 0.931 bits per heavy atom. The van der Waals surface area contributed by atoms with E-state index in [0.717, 1.165) is 43.5 Å². The Morgan fingerprint density at radius 2 is 1.62 bits per heavy atom. The number of nitrogens with one attached hydrogen (secondary N) is 1. The van der Waals surface area contributed by atoms with Crippen molar-refractivity contribution in [2.24, 2.45) is 0 Å². The average Bonchev–Trinajstić information content (AvgIpc) is 2.77. The summed E-state index contributed by atoms with van der Waals surface area (Å²) >= 11 is 0. The molecule has 0 unspecified atom stereocenters. The van der Waals surface area contributed by atoms with Crippen LogP contribution in [-0.4, -0.2) is 52.3 Å². The summed E-state index contributed by atoms with van der Waals surface area (Å²) in [5.41, 5.74) is 0.730. The van der Waals surface area contributed by atoms with Crippen LogP contribution in [0.1, 0.15) is 5.56 Å². The van der Waals surface area contributed by atoms with E-state index in [0.29, 0.717) is 5.82 Å². The first kappa shape index (κ1) is 18.7. The summed E-state index contributed by atoms with van der Waals surface area (Å²) in [7, 11) is 0. The van der Waals surface area contributed by atoms with Gasteiger partial charge in [-0.2, -0.15) is 0 Å². The highest BCUT2D eigenvalue weighted by Crippen LogP contribution is 2.16. The Bertz CT molecular complexity index is 943. The molecule has 148 valence electrons. The first-order valence-corrected chi connectivity index (χ1v) is 9.32.